The molecule has 29 heavy (non-hydrogen) atoms. The zero-order valence-corrected chi connectivity index (χ0v) is 18.5. The average molecular weight is 419 g/mol. The van der Waals surface area contributed by atoms with E-state index in [9.17, 15) is 13.2 Å². The highest BCUT2D eigenvalue weighted by Gasteiger charge is 2.27. The van der Waals surface area contributed by atoms with E-state index in [0.717, 1.165) is 35.5 Å². The van der Waals surface area contributed by atoms with Crippen molar-refractivity contribution in [2.75, 3.05) is 24.5 Å². The Bertz CT molecular complexity index is 993. The second kappa shape index (κ2) is 8.67. The lowest BCUT2D eigenvalue weighted by atomic mass is 10.0. The fourth-order valence-electron chi connectivity index (χ4n) is 3.94. The van der Waals surface area contributed by atoms with Gasteiger partial charge in [0.25, 0.3) is 0 Å². The van der Waals surface area contributed by atoms with Crippen molar-refractivity contribution >= 4 is 21.6 Å². The van der Waals surface area contributed by atoms with Crippen molar-refractivity contribution < 1.29 is 13.2 Å². The number of benzene rings is 1. The first kappa shape index (κ1) is 21.5. The molecule has 8 heteroatoms. The van der Waals surface area contributed by atoms with Crippen LogP contribution >= 0.6 is 0 Å². The van der Waals surface area contributed by atoms with Gasteiger partial charge in [-0.3, -0.25) is 9.48 Å². The van der Waals surface area contributed by atoms with Crippen LogP contribution < -0.4 is 4.90 Å². The molecule has 0 saturated heterocycles. The van der Waals surface area contributed by atoms with E-state index in [1.54, 1.807) is 23.1 Å². The molecule has 2 aromatic rings. The molecule has 0 bridgehead atoms. The summed E-state index contributed by atoms with van der Waals surface area (Å²) in [5.74, 6) is 0.0397. The summed E-state index contributed by atoms with van der Waals surface area (Å²) >= 11 is 0. The van der Waals surface area contributed by atoms with Gasteiger partial charge in [0, 0.05) is 44.0 Å². The number of anilines is 1. The van der Waals surface area contributed by atoms with Gasteiger partial charge in [-0.1, -0.05) is 13.8 Å². The van der Waals surface area contributed by atoms with Crippen LogP contribution in [0.2, 0.25) is 0 Å². The van der Waals surface area contributed by atoms with E-state index >= 15 is 0 Å². The molecule has 1 aromatic carbocycles. The predicted octanol–water partition coefficient (Wildman–Crippen LogP) is 2.90. The van der Waals surface area contributed by atoms with Crippen molar-refractivity contribution in [2.45, 2.75) is 58.4 Å². The minimum atomic E-state index is -3.50. The molecular weight excluding hydrogens is 388 g/mol. The van der Waals surface area contributed by atoms with Gasteiger partial charge in [-0.2, -0.15) is 9.40 Å². The number of rotatable bonds is 7. The van der Waals surface area contributed by atoms with E-state index in [4.69, 9.17) is 0 Å². The van der Waals surface area contributed by atoms with Gasteiger partial charge >= 0.3 is 0 Å². The highest BCUT2D eigenvalue weighted by atomic mass is 32.2. The number of aromatic nitrogens is 2. The molecule has 0 atom stereocenters. The van der Waals surface area contributed by atoms with Gasteiger partial charge in [-0.25, -0.2) is 8.42 Å². The topological polar surface area (TPSA) is 75.5 Å². The number of aryl methyl sites for hydroxylation is 4. The largest absolute Gasteiger partial charge is 0.312 e. The maximum absolute atomic E-state index is 12.9. The molecule has 0 N–H and O–H groups in total. The van der Waals surface area contributed by atoms with E-state index < -0.39 is 10.0 Å². The van der Waals surface area contributed by atoms with Crippen LogP contribution in [0.1, 0.15) is 43.6 Å². The molecule has 158 valence electrons. The zero-order valence-electron chi connectivity index (χ0n) is 17.7. The third-order valence-electron chi connectivity index (χ3n) is 5.45. The second-order valence-electron chi connectivity index (χ2n) is 7.43. The smallest absolute Gasteiger partial charge is 0.243 e. The molecule has 0 saturated carbocycles. The first-order chi connectivity index (χ1) is 13.8. The Morgan fingerprint density at radius 2 is 1.90 bits per heavy atom. The predicted molar refractivity (Wildman–Crippen MR) is 114 cm³/mol. The molecule has 1 aromatic heterocycles. The lowest BCUT2D eigenvalue weighted by molar-refractivity contribution is -0.119. The first-order valence-electron chi connectivity index (χ1n) is 10.2. The van der Waals surface area contributed by atoms with Gasteiger partial charge in [0.05, 0.1) is 10.6 Å². The van der Waals surface area contributed by atoms with Crippen LogP contribution in [0.5, 0.6) is 0 Å². The summed E-state index contributed by atoms with van der Waals surface area (Å²) in [6.07, 6.45) is 1.96. The average Bonchev–Trinajstić information content (AvgIpc) is 3.02. The molecule has 0 radical (unpaired) electrons. The first-order valence-corrected chi connectivity index (χ1v) is 11.7. The van der Waals surface area contributed by atoms with Crippen LogP contribution in [0.15, 0.2) is 29.2 Å². The van der Waals surface area contributed by atoms with E-state index in [-0.39, 0.29) is 5.91 Å². The quantitative estimate of drug-likeness (QED) is 0.693. The second-order valence-corrected chi connectivity index (χ2v) is 9.37. The van der Waals surface area contributed by atoms with E-state index in [1.807, 2.05) is 38.4 Å². The number of hydrogen-bond donors (Lipinski definition) is 0. The zero-order chi connectivity index (χ0) is 21.2. The molecule has 0 unspecified atom stereocenters. The summed E-state index contributed by atoms with van der Waals surface area (Å²) < 4.78 is 29.0. The summed E-state index contributed by atoms with van der Waals surface area (Å²) in [6.45, 7) is 9.67. The Labute approximate surface area is 173 Å². The number of nitrogens with zero attached hydrogens (tertiary/aromatic N) is 4. The number of amides is 1. The Morgan fingerprint density at radius 3 is 2.52 bits per heavy atom. The summed E-state index contributed by atoms with van der Waals surface area (Å²) in [7, 11) is -3.50. The fourth-order valence-corrected chi connectivity index (χ4v) is 5.45. The van der Waals surface area contributed by atoms with Crippen LogP contribution in [-0.4, -0.2) is 48.0 Å². The van der Waals surface area contributed by atoms with E-state index in [1.165, 1.54) is 4.31 Å². The van der Waals surface area contributed by atoms with Crippen molar-refractivity contribution in [3.05, 3.63) is 41.2 Å². The Morgan fingerprint density at radius 1 is 1.17 bits per heavy atom. The Kier molecular flexibility index (Phi) is 6.43. The number of carbonyl (C=O) groups is 1. The third kappa shape index (κ3) is 4.38. The van der Waals surface area contributed by atoms with Gasteiger partial charge in [-0.15, -0.1) is 0 Å². The lowest BCUT2D eigenvalue weighted by Crippen LogP contribution is -2.36. The van der Waals surface area contributed by atoms with Gasteiger partial charge in [0.15, 0.2) is 0 Å². The van der Waals surface area contributed by atoms with Gasteiger partial charge in [-0.05, 0) is 56.5 Å². The van der Waals surface area contributed by atoms with Crippen molar-refractivity contribution in [3.63, 3.8) is 0 Å². The van der Waals surface area contributed by atoms with Crippen LogP contribution in [0.3, 0.4) is 0 Å². The van der Waals surface area contributed by atoms with Gasteiger partial charge in [0.2, 0.25) is 15.9 Å². The fraction of sp³-hybridized carbons (Fsp3) is 0.524. The number of fused-ring (bicyclic) bond motifs is 1. The minimum absolute atomic E-state index is 0.0397. The van der Waals surface area contributed by atoms with Crippen molar-refractivity contribution in [2.24, 2.45) is 0 Å². The maximum atomic E-state index is 12.9. The molecule has 0 spiro atoms. The van der Waals surface area contributed by atoms with Gasteiger partial charge < -0.3 is 4.90 Å². The maximum Gasteiger partial charge on any atom is 0.243 e. The highest BCUT2D eigenvalue weighted by Crippen LogP contribution is 2.31. The Balaban J connectivity index is 1.80. The van der Waals surface area contributed by atoms with Crippen molar-refractivity contribution in [1.82, 2.24) is 14.1 Å². The van der Waals surface area contributed by atoms with E-state index in [2.05, 4.69) is 5.10 Å². The molecule has 2 heterocycles. The molecule has 0 fully saturated rings. The SMILES string of the molecule is CCN(CC)S(=O)(=O)c1ccc2c(c1)CCCN2C(=O)CCn1nc(C)cc1C. The summed E-state index contributed by atoms with van der Waals surface area (Å²) in [6, 6.07) is 7.15. The molecule has 1 aliphatic heterocycles. The number of carbonyl (C=O) groups excluding carboxylic acids is 1. The molecule has 1 aliphatic rings. The standard InChI is InChI=1S/C21H30N4O3S/c1-5-23(6-2)29(27,28)19-9-10-20-18(15-19)8-7-12-24(20)21(26)11-13-25-17(4)14-16(3)22-25/h9-10,14-15H,5-8,11-13H2,1-4H3. The van der Waals surface area contributed by atoms with Crippen molar-refractivity contribution in [3.8, 4) is 0 Å². The van der Waals surface area contributed by atoms with Crippen LogP contribution in [0.25, 0.3) is 0 Å². The van der Waals surface area contributed by atoms with Crippen molar-refractivity contribution in [1.29, 1.82) is 0 Å². The number of sulfonamides is 1. The van der Waals surface area contributed by atoms with Crippen LogP contribution in [-0.2, 0) is 27.8 Å². The normalized spacial score (nSPS) is 14.3. The molecule has 3 rings (SSSR count). The van der Waals surface area contributed by atoms with Crippen LogP contribution in [0, 0.1) is 13.8 Å². The highest BCUT2D eigenvalue weighted by molar-refractivity contribution is 7.89. The summed E-state index contributed by atoms with van der Waals surface area (Å²) in [5.41, 5.74) is 3.73. The number of hydrogen-bond acceptors (Lipinski definition) is 4. The van der Waals surface area contributed by atoms with Crippen LogP contribution in [0.4, 0.5) is 5.69 Å². The summed E-state index contributed by atoms with van der Waals surface area (Å²) in [5, 5.41) is 4.42. The third-order valence-corrected chi connectivity index (χ3v) is 7.50. The monoisotopic (exact) mass is 418 g/mol. The van der Waals surface area contributed by atoms with Gasteiger partial charge in [0.1, 0.15) is 0 Å². The molecule has 7 nitrogen and oxygen atoms in total. The minimum Gasteiger partial charge on any atom is -0.312 e. The molecular formula is C21H30N4O3S. The Hall–Kier alpha value is -2.19. The lowest BCUT2D eigenvalue weighted by Gasteiger charge is -2.30. The summed E-state index contributed by atoms with van der Waals surface area (Å²) in [4.78, 5) is 15.0. The van der Waals surface area contributed by atoms with E-state index in [0.29, 0.717) is 37.5 Å². The molecule has 0 aliphatic carbocycles. The molecule has 1 amide bonds.